The Kier molecular flexibility index (Phi) is 3.43. The molecule has 0 heterocycles. The summed E-state index contributed by atoms with van der Waals surface area (Å²) in [5.74, 6) is 0.710. The fraction of sp³-hybridized carbons (Fsp3) is 0.462. The summed E-state index contributed by atoms with van der Waals surface area (Å²) in [6.07, 6.45) is 2.16. The number of nitrogen functional groups attached to an aromatic ring is 1. The van der Waals surface area contributed by atoms with E-state index in [-0.39, 0.29) is 5.91 Å². The quantitative estimate of drug-likeness (QED) is 0.825. The molecule has 0 saturated heterocycles. The van der Waals surface area contributed by atoms with Gasteiger partial charge in [0.2, 0.25) is 0 Å². The molecule has 3 N–H and O–H groups in total. The molecule has 1 aliphatic rings. The van der Waals surface area contributed by atoms with Crippen molar-refractivity contribution >= 4 is 27.5 Å². The van der Waals surface area contributed by atoms with Crippen molar-refractivity contribution in [2.45, 2.75) is 32.7 Å². The smallest absolute Gasteiger partial charge is 0.251 e. The Labute approximate surface area is 110 Å². The molecule has 92 valence electrons. The van der Waals surface area contributed by atoms with Crippen LogP contribution in [0.25, 0.3) is 0 Å². The lowest BCUT2D eigenvalue weighted by Crippen LogP contribution is -2.43. The number of nitrogens with two attached hydrogens (primary N) is 1. The van der Waals surface area contributed by atoms with E-state index in [0.29, 0.717) is 17.3 Å². The molecule has 0 radical (unpaired) electrons. The third-order valence-electron chi connectivity index (χ3n) is 3.37. The van der Waals surface area contributed by atoms with E-state index in [1.165, 1.54) is 0 Å². The molecule has 1 aromatic rings. The second kappa shape index (κ2) is 4.69. The maximum Gasteiger partial charge on any atom is 0.251 e. The summed E-state index contributed by atoms with van der Waals surface area (Å²) in [6, 6.07) is 3.97. The summed E-state index contributed by atoms with van der Waals surface area (Å²) < 4.78 is 0.840. The predicted octanol–water partition coefficient (Wildman–Crippen LogP) is 2.87. The largest absolute Gasteiger partial charge is 0.398 e. The van der Waals surface area contributed by atoms with Crippen molar-refractivity contribution in [1.82, 2.24) is 5.32 Å². The highest BCUT2D eigenvalue weighted by atomic mass is 79.9. The summed E-state index contributed by atoms with van der Waals surface area (Å²) in [5, 5.41) is 3.04. The second-order valence-electron chi connectivity index (χ2n) is 4.91. The number of hydrogen-bond donors (Lipinski definition) is 2. The highest BCUT2D eigenvalue weighted by Crippen LogP contribution is 2.27. The zero-order valence-corrected chi connectivity index (χ0v) is 11.7. The van der Waals surface area contributed by atoms with Gasteiger partial charge < -0.3 is 11.1 Å². The highest BCUT2D eigenvalue weighted by Gasteiger charge is 2.27. The van der Waals surface area contributed by atoms with Crippen molar-refractivity contribution in [3.63, 3.8) is 0 Å². The zero-order chi connectivity index (χ0) is 12.6. The van der Waals surface area contributed by atoms with Crippen LogP contribution in [0.5, 0.6) is 0 Å². The van der Waals surface area contributed by atoms with E-state index in [9.17, 15) is 4.79 Å². The van der Waals surface area contributed by atoms with E-state index < -0.39 is 0 Å². The Bertz CT molecular complexity index is 453. The average molecular weight is 297 g/mol. The number of carbonyl (C=O) groups is 1. The van der Waals surface area contributed by atoms with Gasteiger partial charge in [-0.3, -0.25) is 4.79 Å². The standard InChI is InChI=1S/C13H17BrN2O/c1-7-3-10(4-7)16-13(17)11-5-9(14)6-12(15)8(11)2/h5-7,10H,3-4,15H2,1-2H3,(H,16,17). The third-order valence-corrected chi connectivity index (χ3v) is 3.82. The summed E-state index contributed by atoms with van der Waals surface area (Å²) in [4.78, 5) is 12.1. The Morgan fingerprint density at radius 2 is 2.12 bits per heavy atom. The molecule has 1 saturated carbocycles. The number of hydrogen-bond acceptors (Lipinski definition) is 2. The molecule has 1 fully saturated rings. The Morgan fingerprint density at radius 1 is 1.47 bits per heavy atom. The van der Waals surface area contributed by atoms with Crippen LogP contribution in [0.4, 0.5) is 5.69 Å². The van der Waals surface area contributed by atoms with E-state index in [1.54, 1.807) is 0 Å². The molecule has 0 bridgehead atoms. The number of rotatable bonds is 2. The molecule has 4 heteroatoms. The summed E-state index contributed by atoms with van der Waals surface area (Å²) >= 11 is 3.36. The molecule has 17 heavy (non-hydrogen) atoms. The van der Waals surface area contributed by atoms with E-state index in [4.69, 9.17) is 5.73 Å². The van der Waals surface area contributed by atoms with Crippen LogP contribution < -0.4 is 11.1 Å². The summed E-state index contributed by atoms with van der Waals surface area (Å²) in [5.41, 5.74) is 8.00. The van der Waals surface area contributed by atoms with Gasteiger partial charge in [0.25, 0.3) is 5.91 Å². The van der Waals surface area contributed by atoms with Crippen LogP contribution in [-0.2, 0) is 0 Å². The number of halogens is 1. The lowest BCUT2D eigenvalue weighted by molar-refractivity contribution is 0.0895. The van der Waals surface area contributed by atoms with Crippen molar-refractivity contribution < 1.29 is 4.79 Å². The minimum atomic E-state index is -0.0209. The first kappa shape index (κ1) is 12.4. The first-order chi connectivity index (χ1) is 7.97. The minimum absolute atomic E-state index is 0.0209. The lowest BCUT2D eigenvalue weighted by atomic mass is 9.82. The van der Waals surface area contributed by atoms with Crippen LogP contribution in [-0.4, -0.2) is 11.9 Å². The SMILES string of the molecule is Cc1c(N)cc(Br)cc1C(=O)NC1CC(C)C1. The first-order valence-corrected chi connectivity index (χ1v) is 6.63. The lowest BCUT2D eigenvalue weighted by Gasteiger charge is -2.33. The second-order valence-corrected chi connectivity index (χ2v) is 5.83. The molecule has 3 nitrogen and oxygen atoms in total. The molecular weight excluding hydrogens is 280 g/mol. The van der Waals surface area contributed by atoms with Gasteiger partial charge in [0, 0.05) is 21.8 Å². The number of anilines is 1. The van der Waals surface area contributed by atoms with Crippen molar-refractivity contribution in [2.24, 2.45) is 5.92 Å². The van der Waals surface area contributed by atoms with E-state index >= 15 is 0 Å². The van der Waals surface area contributed by atoms with Gasteiger partial charge in [-0.15, -0.1) is 0 Å². The fourth-order valence-corrected chi connectivity index (χ4v) is 2.69. The topological polar surface area (TPSA) is 55.1 Å². The van der Waals surface area contributed by atoms with Crippen LogP contribution in [0.3, 0.4) is 0 Å². The van der Waals surface area contributed by atoms with Gasteiger partial charge in [-0.2, -0.15) is 0 Å². The molecule has 0 unspecified atom stereocenters. The zero-order valence-electron chi connectivity index (χ0n) is 10.1. The maximum absolute atomic E-state index is 12.1. The maximum atomic E-state index is 12.1. The van der Waals surface area contributed by atoms with Crippen LogP contribution in [0.1, 0.15) is 35.7 Å². The van der Waals surface area contributed by atoms with Crippen LogP contribution in [0.15, 0.2) is 16.6 Å². The molecule has 2 rings (SSSR count). The third kappa shape index (κ3) is 2.63. The first-order valence-electron chi connectivity index (χ1n) is 5.84. The molecule has 1 aromatic carbocycles. The molecule has 0 spiro atoms. The molecular formula is C13H17BrN2O. The fourth-order valence-electron chi connectivity index (χ4n) is 2.22. The minimum Gasteiger partial charge on any atom is -0.398 e. The van der Waals surface area contributed by atoms with E-state index in [2.05, 4.69) is 28.2 Å². The van der Waals surface area contributed by atoms with E-state index in [0.717, 1.165) is 28.8 Å². The van der Waals surface area contributed by atoms with Gasteiger partial charge in [0.05, 0.1) is 0 Å². The van der Waals surface area contributed by atoms with Gasteiger partial charge in [-0.25, -0.2) is 0 Å². The predicted molar refractivity (Wildman–Crippen MR) is 72.9 cm³/mol. The summed E-state index contributed by atoms with van der Waals surface area (Å²) in [7, 11) is 0. The van der Waals surface area contributed by atoms with Gasteiger partial charge in [-0.05, 0) is 43.4 Å². The highest BCUT2D eigenvalue weighted by molar-refractivity contribution is 9.10. The van der Waals surface area contributed by atoms with Gasteiger partial charge in [-0.1, -0.05) is 22.9 Å². The van der Waals surface area contributed by atoms with Crippen molar-refractivity contribution in [1.29, 1.82) is 0 Å². The average Bonchev–Trinajstić information content (AvgIpc) is 2.21. The molecule has 0 atom stereocenters. The monoisotopic (exact) mass is 296 g/mol. The Balaban J connectivity index is 2.13. The van der Waals surface area contributed by atoms with Crippen molar-refractivity contribution in [3.8, 4) is 0 Å². The van der Waals surface area contributed by atoms with Crippen LogP contribution in [0, 0.1) is 12.8 Å². The van der Waals surface area contributed by atoms with Crippen molar-refractivity contribution in [2.75, 3.05) is 5.73 Å². The molecule has 0 aliphatic heterocycles. The number of amides is 1. The van der Waals surface area contributed by atoms with Crippen molar-refractivity contribution in [3.05, 3.63) is 27.7 Å². The molecule has 0 aromatic heterocycles. The Hall–Kier alpha value is -1.03. The van der Waals surface area contributed by atoms with E-state index in [1.807, 2.05) is 19.1 Å². The Morgan fingerprint density at radius 3 is 2.71 bits per heavy atom. The number of carbonyl (C=O) groups excluding carboxylic acids is 1. The van der Waals surface area contributed by atoms with Gasteiger partial charge in [0.1, 0.15) is 0 Å². The van der Waals surface area contributed by atoms with Crippen LogP contribution >= 0.6 is 15.9 Å². The van der Waals surface area contributed by atoms with Gasteiger partial charge in [0.15, 0.2) is 0 Å². The number of nitrogens with one attached hydrogen (secondary N) is 1. The van der Waals surface area contributed by atoms with Crippen LogP contribution in [0.2, 0.25) is 0 Å². The molecule has 1 amide bonds. The molecule has 1 aliphatic carbocycles. The summed E-state index contributed by atoms with van der Waals surface area (Å²) in [6.45, 7) is 4.07. The van der Waals surface area contributed by atoms with Gasteiger partial charge >= 0.3 is 0 Å². The number of benzene rings is 1. The normalized spacial score (nSPS) is 23.0.